The van der Waals surface area contributed by atoms with Crippen molar-refractivity contribution in [1.82, 2.24) is 9.80 Å². The van der Waals surface area contributed by atoms with Gasteiger partial charge >= 0.3 is 0 Å². The molecule has 5 heteroatoms. The molecule has 1 aromatic carbocycles. The monoisotopic (exact) mass is 304 g/mol. The third-order valence-electron chi connectivity index (χ3n) is 4.00. The molecule has 2 amide bonds. The Balaban J connectivity index is 1.94. The summed E-state index contributed by atoms with van der Waals surface area (Å²) >= 11 is 0. The van der Waals surface area contributed by atoms with Gasteiger partial charge in [-0.2, -0.15) is 0 Å². The molecule has 0 saturated carbocycles. The van der Waals surface area contributed by atoms with Gasteiger partial charge in [-0.1, -0.05) is 25.5 Å². The molecule has 1 aliphatic heterocycles. The molecule has 1 aliphatic rings. The molecule has 0 bridgehead atoms. The van der Waals surface area contributed by atoms with Crippen molar-refractivity contribution in [3.63, 3.8) is 0 Å². The van der Waals surface area contributed by atoms with Gasteiger partial charge in [0.2, 0.25) is 5.91 Å². The van der Waals surface area contributed by atoms with Crippen LogP contribution in [0.3, 0.4) is 0 Å². The topological polar surface area (TPSA) is 49.9 Å². The number of rotatable bonds is 5. The first kappa shape index (κ1) is 16.3. The Morgan fingerprint density at radius 2 is 1.73 bits per heavy atom. The highest BCUT2D eigenvalue weighted by molar-refractivity contribution is 5.97. The van der Waals surface area contributed by atoms with Gasteiger partial charge in [0.05, 0.1) is 12.7 Å². The summed E-state index contributed by atoms with van der Waals surface area (Å²) in [5.74, 6) is 0.762. The average Bonchev–Trinajstić information content (AvgIpc) is 2.59. The molecule has 0 unspecified atom stereocenters. The number of unbranched alkanes of at least 4 members (excludes halogenated alkanes) is 1. The van der Waals surface area contributed by atoms with Crippen molar-refractivity contribution in [2.24, 2.45) is 0 Å². The number of carbonyl (C=O) groups is 2. The lowest BCUT2D eigenvalue weighted by Gasteiger charge is -2.35. The van der Waals surface area contributed by atoms with Crippen LogP contribution in [-0.4, -0.2) is 54.9 Å². The molecule has 0 aliphatic carbocycles. The van der Waals surface area contributed by atoms with Crippen molar-refractivity contribution in [3.8, 4) is 5.75 Å². The first-order valence-corrected chi connectivity index (χ1v) is 7.87. The minimum atomic E-state index is -0.0295. The second-order valence-electron chi connectivity index (χ2n) is 5.48. The van der Waals surface area contributed by atoms with Crippen LogP contribution in [-0.2, 0) is 4.79 Å². The predicted molar refractivity (Wildman–Crippen MR) is 85.0 cm³/mol. The number of para-hydroxylation sites is 1. The lowest BCUT2D eigenvalue weighted by molar-refractivity contribution is -0.132. The fourth-order valence-corrected chi connectivity index (χ4v) is 2.64. The van der Waals surface area contributed by atoms with E-state index in [9.17, 15) is 9.59 Å². The van der Waals surface area contributed by atoms with E-state index in [0.29, 0.717) is 43.9 Å². The van der Waals surface area contributed by atoms with E-state index in [4.69, 9.17) is 4.74 Å². The molecule has 22 heavy (non-hydrogen) atoms. The van der Waals surface area contributed by atoms with Gasteiger partial charge in [-0.25, -0.2) is 0 Å². The summed E-state index contributed by atoms with van der Waals surface area (Å²) in [6, 6.07) is 7.25. The van der Waals surface area contributed by atoms with Crippen molar-refractivity contribution in [2.45, 2.75) is 26.2 Å². The number of carbonyl (C=O) groups excluding carboxylic acids is 2. The zero-order chi connectivity index (χ0) is 15.9. The molecule has 1 heterocycles. The number of methoxy groups -OCH3 is 1. The quantitative estimate of drug-likeness (QED) is 0.837. The van der Waals surface area contributed by atoms with E-state index in [2.05, 4.69) is 6.92 Å². The summed E-state index contributed by atoms with van der Waals surface area (Å²) in [5, 5.41) is 0. The average molecular weight is 304 g/mol. The molecule has 0 N–H and O–H groups in total. The van der Waals surface area contributed by atoms with Crippen LogP contribution in [0.25, 0.3) is 0 Å². The smallest absolute Gasteiger partial charge is 0.257 e. The van der Waals surface area contributed by atoms with Crippen LogP contribution in [0.5, 0.6) is 5.75 Å². The zero-order valence-corrected chi connectivity index (χ0v) is 13.4. The normalized spacial score (nSPS) is 14.8. The first-order valence-electron chi connectivity index (χ1n) is 7.87. The van der Waals surface area contributed by atoms with Crippen LogP contribution in [0.1, 0.15) is 36.5 Å². The zero-order valence-electron chi connectivity index (χ0n) is 13.4. The maximum atomic E-state index is 12.6. The van der Waals surface area contributed by atoms with Gasteiger partial charge in [0.15, 0.2) is 0 Å². The van der Waals surface area contributed by atoms with E-state index in [1.165, 1.54) is 0 Å². The van der Waals surface area contributed by atoms with Gasteiger partial charge in [0, 0.05) is 32.6 Å². The van der Waals surface area contributed by atoms with Crippen LogP contribution in [0.2, 0.25) is 0 Å². The first-order chi connectivity index (χ1) is 10.7. The fraction of sp³-hybridized carbons (Fsp3) is 0.529. The van der Waals surface area contributed by atoms with Crippen LogP contribution in [0.15, 0.2) is 24.3 Å². The number of piperazine rings is 1. The molecule has 1 fully saturated rings. The summed E-state index contributed by atoms with van der Waals surface area (Å²) in [5.41, 5.74) is 0.579. The Morgan fingerprint density at radius 3 is 2.36 bits per heavy atom. The Hall–Kier alpha value is -2.04. The summed E-state index contributed by atoms with van der Waals surface area (Å²) in [6.07, 6.45) is 2.56. The lowest BCUT2D eigenvalue weighted by atomic mass is 10.1. The van der Waals surface area contributed by atoms with Crippen LogP contribution < -0.4 is 4.74 Å². The van der Waals surface area contributed by atoms with E-state index >= 15 is 0 Å². The highest BCUT2D eigenvalue weighted by Gasteiger charge is 2.25. The predicted octanol–water partition coefficient (Wildman–Crippen LogP) is 2.17. The fourth-order valence-electron chi connectivity index (χ4n) is 2.64. The largest absolute Gasteiger partial charge is 0.496 e. The molecule has 0 spiro atoms. The summed E-state index contributed by atoms with van der Waals surface area (Å²) in [6.45, 7) is 4.47. The number of hydrogen-bond acceptors (Lipinski definition) is 3. The molecule has 1 aromatic rings. The highest BCUT2D eigenvalue weighted by Crippen LogP contribution is 2.20. The SMILES string of the molecule is CCCCC(=O)N1CCN(C(=O)c2ccccc2OC)CC1. The minimum Gasteiger partial charge on any atom is -0.496 e. The summed E-state index contributed by atoms with van der Waals surface area (Å²) < 4.78 is 5.25. The van der Waals surface area contributed by atoms with Crippen molar-refractivity contribution in [3.05, 3.63) is 29.8 Å². The van der Waals surface area contributed by atoms with Gasteiger partial charge in [0.25, 0.3) is 5.91 Å². The van der Waals surface area contributed by atoms with Crippen molar-refractivity contribution < 1.29 is 14.3 Å². The Kier molecular flexibility index (Phi) is 5.81. The number of nitrogens with zero attached hydrogens (tertiary/aromatic N) is 2. The molecule has 1 saturated heterocycles. The molecule has 0 atom stereocenters. The number of hydrogen-bond donors (Lipinski definition) is 0. The van der Waals surface area contributed by atoms with Gasteiger partial charge in [0.1, 0.15) is 5.75 Å². The maximum absolute atomic E-state index is 12.6. The van der Waals surface area contributed by atoms with Crippen molar-refractivity contribution in [2.75, 3.05) is 33.3 Å². The van der Waals surface area contributed by atoms with E-state index in [1.54, 1.807) is 24.1 Å². The highest BCUT2D eigenvalue weighted by atomic mass is 16.5. The number of ether oxygens (including phenoxy) is 1. The molecule has 0 aromatic heterocycles. The third kappa shape index (κ3) is 3.78. The molecule has 120 valence electrons. The van der Waals surface area contributed by atoms with Gasteiger partial charge in [-0.15, -0.1) is 0 Å². The van der Waals surface area contributed by atoms with E-state index in [-0.39, 0.29) is 11.8 Å². The standard InChI is InChI=1S/C17H24N2O3/c1-3-4-9-16(20)18-10-12-19(13-11-18)17(21)14-7-5-6-8-15(14)22-2/h5-8H,3-4,9-13H2,1-2H3. The maximum Gasteiger partial charge on any atom is 0.257 e. The number of amides is 2. The Labute approximate surface area is 131 Å². The van der Waals surface area contributed by atoms with E-state index in [1.807, 2.05) is 17.0 Å². The molecule has 2 rings (SSSR count). The molecular weight excluding hydrogens is 280 g/mol. The van der Waals surface area contributed by atoms with E-state index in [0.717, 1.165) is 12.8 Å². The van der Waals surface area contributed by atoms with Crippen LogP contribution in [0.4, 0.5) is 0 Å². The number of benzene rings is 1. The van der Waals surface area contributed by atoms with Gasteiger partial charge in [-0.3, -0.25) is 9.59 Å². The summed E-state index contributed by atoms with van der Waals surface area (Å²) in [7, 11) is 1.57. The van der Waals surface area contributed by atoms with Crippen molar-refractivity contribution in [1.29, 1.82) is 0 Å². The lowest BCUT2D eigenvalue weighted by Crippen LogP contribution is -2.50. The molecule has 0 radical (unpaired) electrons. The Morgan fingerprint density at radius 1 is 1.09 bits per heavy atom. The van der Waals surface area contributed by atoms with Crippen LogP contribution >= 0.6 is 0 Å². The van der Waals surface area contributed by atoms with Gasteiger partial charge < -0.3 is 14.5 Å². The van der Waals surface area contributed by atoms with Gasteiger partial charge in [-0.05, 0) is 18.6 Å². The molecule has 5 nitrogen and oxygen atoms in total. The second-order valence-corrected chi connectivity index (χ2v) is 5.48. The van der Waals surface area contributed by atoms with Crippen molar-refractivity contribution >= 4 is 11.8 Å². The third-order valence-corrected chi connectivity index (χ3v) is 4.00. The summed E-state index contributed by atoms with van der Waals surface area (Å²) in [4.78, 5) is 28.2. The second kappa shape index (κ2) is 7.82. The van der Waals surface area contributed by atoms with Crippen LogP contribution in [0, 0.1) is 0 Å². The molecular formula is C17H24N2O3. The van der Waals surface area contributed by atoms with E-state index < -0.39 is 0 Å². The Bertz CT molecular complexity index is 522. The minimum absolute atomic E-state index is 0.0295.